The number of benzene rings is 4. The fourth-order valence-corrected chi connectivity index (χ4v) is 11.7. The number of amides is 6. The van der Waals surface area contributed by atoms with Crippen molar-refractivity contribution in [3.63, 3.8) is 0 Å². The van der Waals surface area contributed by atoms with Crippen molar-refractivity contribution in [2.45, 2.75) is 86.8 Å². The molecule has 24 N–H and O–H groups in total. The fraction of sp³-hybridized carbons (Fsp3) is 0.377. The predicted molar refractivity (Wildman–Crippen MR) is 358 cm³/mol. The van der Waals surface area contributed by atoms with Gasteiger partial charge in [0.15, 0.2) is 11.8 Å². The van der Waals surface area contributed by atoms with Gasteiger partial charge in [-0.15, -0.1) is 5.11 Å². The van der Waals surface area contributed by atoms with E-state index in [0.717, 1.165) is 15.9 Å². The van der Waals surface area contributed by atoms with E-state index in [9.17, 15) is 66.6 Å². The molecule has 1 heterocycles. The third-order valence-electron chi connectivity index (χ3n) is 13.7. The average molecular weight is 1530 g/mol. The molecule has 5 aromatic rings. The monoisotopic (exact) mass is 1530 g/mol. The second-order valence-electron chi connectivity index (χ2n) is 21.2. The molecule has 0 aliphatic carbocycles. The molecule has 2 unspecified atom stereocenters. The Morgan fingerprint density at radius 2 is 1.23 bits per heavy atom. The Labute approximate surface area is 613 Å². The maximum absolute atomic E-state index is 13.1. The first-order valence-corrected chi connectivity index (χ1v) is 32.8. The number of azo groups is 1. The van der Waals surface area contributed by atoms with Crippen LogP contribution in [0, 0.1) is 11.8 Å². The molecule has 0 aliphatic rings. The summed E-state index contributed by atoms with van der Waals surface area (Å²) in [4.78, 5) is 105. The summed E-state index contributed by atoms with van der Waals surface area (Å²) in [6.45, 7) is 0.864. The Kier molecular flexibility index (Phi) is 43.3. The van der Waals surface area contributed by atoms with Crippen molar-refractivity contribution in [3.05, 3.63) is 139 Å². The van der Waals surface area contributed by atoms with Crippen molar-refractivity contribution in [2.24, 2.45) is 50.0 Å². The summed E-state index contributed by atoms with van der Waals surface area (Å²) >= 11 is 0. The van der Waals surface area contributed by atoms with Crippen LogP contribution in [0.25, 0.3) is 0 Å². The largest absolute Gasteiger partial charge is 4.00 e. The molecule has 35 nitrogen and oxygen atoms in total. The van der Waals surface area contributed by atoms with Crippen molar-refractivity contribution >= 4 is 93.3 Å². The number of guanidine groups is 1. The number of aliphatic hydroxyl groups excluding tert-OH is 4. The summed E-state index contributed by atoms with van der Waals surface area (Å²) in [5.74, 6) is -10.2. The van der Waals surface area contributed by atoms with Crippen LogP contribution in [0.15, 0.2) is 154 Å². The van der Waals surface area contributed by atoms with Gasteiger partial charge in [-0.2, -0.15) is 8.42 Å². The molecule has 0 saturated heterocycles. The minimum absolute atomic E-state index is 0. The van der Waals surface area contributed by atoms with E-state index < -0.39 is 147 Å². The zero-order valence-electron chi connectivity index (χ0n) is 54.8. The van der Waals surface area contributed by atoms with E-state index in [2.05, 4.69) is 62.7 Å². The number of nitrogens with two attached hydrogens (primary N) is 4. The quantitative estimate of drug-likeness (QED) is 0.00256. The molecule has 6 amide bonds. The molecular formula is C61H85N16NaO19PSTc+5. The van der Waals surface area contributed by atoms with Gasteiger partial charge in [0, 0.05) is 25.7 Å². The number of carbonyl (C=O) groups is 8. The van der Waals surface area contributed by atoms with E-state index in [1.165, 1.54) is 12.3 Å². The number of ether oxygens (including phenoxy) is 1. The van der Waals surface area contributed by atoms with Crippen LogP contribution in [0.2, 0.25) is 0 Å². The Morgan fingerprint density at radius 3 is 1.73 bits per heavy atom. The first-order chi connectivity index (χ1) is 46.6. The minimum Gasteiger partial charge on any atom is -0.494 e. The summed E-state index contributed by atoms with van der Waals surface area (Å²) in [5, 5.41) is 93.4. The number of nitrogens with one attached hydrogen (secondary N) is 8. The molecule has 100 heavy (non-hydrogen) atoms. The van der Waals surface area contributed by atoms with Crippen LogP contribution in [-0.4, -0.2) is 196 Å². The van der Waals surface area contributed by atoms with Crippen molar-refractivity contribution in [3.8, 4) is 5.75 Å². The SMILES string of the molecule is CC(C)[C@@H](N)C(=O)N[C@@H](CCCN=C(N)N)C(=O)NCC(=O)N[C@H](CC(=O)O)C(=O)N[C@H](Cc1ccc(OCCCNC(=O)/N=N/c2ccccn2)cc1)C(=O)O.NC(C(=O)O)C(CO)C(NCO)(NCO)NCO.O=S(=O)(O)c1cccc(P(c2ccccc2)c2ccccc2)c1.[99Tc+4].[Na+]. The topological polar surface area (TPSA) is 592 Å². The van der Waals surface area contributed by atoms with E-state index in [0.29, 0.717) is 23.6 Å². The number of urea groups is 1. The number of hydrogen-bond donors (Lipinski definition) is 20. The summed E-state index contributed by atoms with van der Waals surface area (Å²) in [6.07, 6.45) is 1.19. The van der Waals surface area contributed by atoms with Gasteiger partial charge in [0.1, 0.15) is 35.7 Å². The van der Waals surface area contributed by atoms with Crippen molar-refractivity contribution in [2.75, 3.05) is 53.0 Å². The van der Waals surface area contributed by atoms with Crippen LogP contribution in [-0.2, 0) is 70.2 Å². The average Bonchev–Trinajstić information content (AvgIpc) is 0.812. The molecule has 0 spiro atoms. The summed E-state index contributed by atoms with van der Waals surface area (Å²) in [7, 11) is -5.10. The number of hydrogen-bond acceptors (Lipinski definition) is 23. The standard InChI is InChI=1S/C35H50N12O10.C18H15O3PS.C8H20N4O6.Na.Tc/c1-20(2)29(36)32(53)44-23(7-5-14-40-34(37)38)30(51)42-19-27(48)43-24(18-28(49)50)31(52)45-25(33(54)55)17-21-9-11-22(12-10-21)57-16-6-15-41-35(56)47-46-26-8-3-4-13-39-26;19-23(20,21)18-13-7-12-17(14-18)22(15-8-3-1-4-9-15)16-10-5-2-6-11-16;9-6(7(17)18)5(1-13)8(10-2-14,11-3-15)12-4-16;;/h3-4,8-13,20,23-25,29H,5-7,14-19,36H2,1-2H3,(H,41,56)(H,42,51)(H,43,48)(H,44,53)(H,45,52)(H,49,50)(H,54,55)(H4,37,38,40);1-14H,(H,19,20,21);5-6,10-16H,1-4,9H2,(H,17,18);;/q;;;+1;+4/b47-46+;;;;/t23-,24+,25+,29+;;;;/m0..../s1/i;;;;1+1. The molecular weight excluding hydrogens is 1450 g/mol. The molecule has 537 valence electrons. The number of aliphatic carboxylic acids is 3. The van der Waals surface area contributed by atoms with E-state index in [1.54, 1.807) is 68.4 Å². The fourth-order valence-electron chi connectivity index (χ4n) is 8.73. The Hall–Kier alpha value is -7.91. The predicted octanol–water partition coefficient (Wildman–Crippen LogP) is -5.97. The van der Waals surface area contributed by atoms with E-state index in [1.807, 2.05) is 66.7 Å². The molecule has 0 fully saturated rings. The number of aromatic nitrogens is 1. The third kappa shape index (κ3) is 33.0. The van der Waals surface area contributed by atoms with Gasteiger partial charge in [0.2, 0.25) is 23.6 Å². The number of carboxylic acid groups (broad SMARTS) is 3. The van der Waals surface area contributed by atoms with Crippen LogP contribution in [0.4, 0.5) is 10.6 Å². The summed E-state index contributed by atoms with van der Waals surface area (Å²) in [6, 6.07) is 30.4. The molecule has 1 aromatic heterocycles. The van der Waals surface area contributed by atoms with Crippen LogP contribution >= 0.6 is 7.92 Å². The maximum Gasteiger partial charge on any atom is 4.00 e. The third-order valence-corrected chi connectivity index (χ3v) is 17.0. The molecule has 4 aromatic carbocycles. The molecule has 5 rings (SSSR count). The van der Waals surface area contributed by atoms with Crippen LogP contribution in [0.1, 0.15) is 45.1 Å². The molecule has 39 heteroatoms. The second kappa shape index (κ2) is 48.0. The number of carboxylic acids is 3. The van der Waals surface area contributed by atoms with E-state index in [-0.39, 0.29) is 105 Å². The van der Waals surface area contributed by atoms with Gasteiger partial charge in [0.25, 0.3) is 10.1 Å². The molecule has 0 aliphatic heterocycles. The number of rotatable bonds is 38. The summed E-state index contributed by atoms with van der Waals surface area (Å²) < 4.78 is 37.8. The van der Waals surface area contributed by atoms with Gasteiger partial charge in [-0.05, 0) is 91.0 Å². The van der Waals surface area contributed by atoms with Crippen molar-refractivity contribution in [1.29, 1.82) is 0 Å². The Morgan fingerprint density at radius 1 is 0.660 bits per heavy atom. The van der Waals surface area contributed by atoms with Gasteiger partial charge in [-0.1, -0.05) is 110 Å². The second-order valence-corrected chi connectivity index (χ2v) is 24.9. The number of aliphatic hydroxyl groups is 4. The zero-order valence-corrected chi connectivity index (χ0v) is 60.4. The minimum atomic E-state index is -4.21. The number of carbonyl (C=O) groups excluding carboxylic acids is 5. The van der Waals surface area contributed by atoms with Gasteiger partial charge in [0.05, 0.1) is 63.2 Å². The zero-order chi connectivity index (χ0) is 72.8. The van der Waals surface area contributed by atoms with Gasteiger partial charge in [-0.25, -0.2) is 14.6 Å². The van der Waals surface area contributed by atoms with Crippen molar-refractivity contribution in [1.82, 2.24) is 47.5 Å². The molecule has 0 saturated carbocycles. The maximum atomic E-state index is 13.1. The molecule has 6 atom stereocenters. The van der Waals surface area contributed by atoms with Gasteiger partial charge >= 0.3 is 73.6 Å². The first kappa shape index (κ1) is 90.1. The summed E-state index contributed by atoms with van der Waals surface area (Å²) in [5.41, 5.74) is 22.5. The van der Waals surface area contributed by atoms with E-state index >= 15 is 0 Å². The van der Waals surface area contributed by atoms with Crippen LogP contribution in [0.3, 0.4) is 0 Å². The number of pyridine rings is 1. The number of nitrogens with zero attached hydrogens (tertiary/aromatic N) is 4. The Bertz CT molecular complexity index is 3460. The van der Waals surface area contributed by atoms with E-state index in [4.69, 9.17) is 48.1 Å². The van der Waals surface area contributed by atoms with Gasteiger partial charge in [-0.3, -0.25) is 54.3 Å². The van der Waals surface area contributed by atoms with Crippen LogP contribution in [0.5, 0.6) is 5.75 Å². The van der Waals surface area contributed by atoms with Crippen molar-refractivity contribution < 1.29 is 141 Å². The smallest absolute Gasteiger partial charge is 0.494 e. The normalized spacial score (nSPS) is 12.8. The van der Waals surface area contributed by atoms with Crippen LogP contribution < -0.4 is 116 Å². The molecule has 1 radical (unpaired) electrons. The first-order valence-electron chi connectivity index (χ1n) is 30.0. The molecule has 0 bridgehead atoms. The number of aliphatic imine (C=N–C) groups is 1. The van der Waals surface area contributed by atoms with Gasteiger partial charge < -0.3 is 90.0 Å². The Balaban J connectivity index is 0.000000940.